The maximum atomic E-state index is 10.3. The number of likely N-dealkylation sites (tertiary alicyclic amines) is 1. The van der Waals surface area contributed by atoms with Crippen LogP contribution in [0.1, 0.15) is 24.1 Å². The summed E-state index contributed by atoms with van der Waals surface area (Å²) in [6.07, 6.45) is 3.23. The van der Waals surface area contributed by atoms with Gasteiger partial charge in [0.1, 0.15) is 18.2 Å². The first kappa shape index (κ1) is 21.7. The topological polar surface area (TPSA) is 97.0 Å². The van der Waals surface area contributed by atoms with Crippen molar-refractivity contribution in [3.8, 4) is 11.8 Å². The van der Waals surface area contributed by atoms with Crippen molar-refractivity contribution < 1.29 is 14.6 Å². The lowest BCUT2D eigenvalue weighted by Crippen LogP contribution is -2.39. The summed E-state index contributed by atoms with van der Waals surface area (Å²) in [4.78, 5) is 13.7. The highest BCUT2D eigenvalue weighted by molar-refractivity contribution is 5.95. The van der Waals surface area contributed by atoms with Crippen LogP contribution in [0.5, 0.6) is 11.8 Å². The number of anilines is 2. The summed E-state index contributed by atoms with van der Waals surface area (Å²) in [7, 11) is 1.78. The van der Waals surface area contributed by atoms with E-state index in [0.29, 0.717) is 31.1 Å². The van der Waals surface area contributed by atoms with Crippen LogP contribution in [0.25, 0.3) is 10.8 Å². The first-order valence-corrected chi connectivity index (χ1v) is 11.6. The number of methoxy groups -OCH3 is 1. The fourth-order valence-electron chi connectivity index (χ4n) is 4.88. The predicted octanol–water partition coefficient (Wildman–Crippen LogP) is 2.97. The van der Waals surface area contributed by atoms with Crippen molar-refractivity contribution in [1.29, 1.82) is 0 Å². The number of aromatic nitrogens is 2. The summed E-state index contributed by atoms with van der Waals surface area (Å²) >= 11 is 0. The van der Waals surface area contributed by atoms with E-state index in [1.807, 2.05) is 24.3 Å². The normalized spacial score (nSPS) is 17.3. The number of hydrogen-bond donors (Lipinski definition) is 2. The molecule has 1 fully saturated rings. The first-order chi connectivity index (χ1) is 16.1. The summed E-state index contributed by atoms with van der Waals surface area (Å²) < 4.78 is 11.3. The van der Waals surface area contributed by atoms with Gasteiger partial charge in [0.15, 0.2) is 0 Å². The number of piperidine rings is 1. The zero-order chi connectivity index (χ0) is 22.8. The highest BCUT2D eigenvalue weighted by atomic mass is 16.5. The SMILES string of the molecule is COC1CCN(CCOc2nc(N)c3c(n2)CN(c2cc(O)cc4ccccc24)CC3)CC1. The van der Waals surface area contributed by atoms with E-state index in [1.165, 1.54) is 0 Å². The van der Waals surface area contributed by atoms with Crippen molar-refractivity contribution in [2.75, 3.05) is 50.5 Å². The third-order valence-electron chi connectivity index (χ3n) is 6.75. The lowest BCUT2D eigenvalue weighted by molar-refractivity contribution is 0.0371. The molecule has 0 bridgehead atoms. The summed E-state index contributed by atoms with van der Waals surface area (Å²) in [5.74, 6) is 0.756. The van der Waals surface area contributed by atoms with Crippen molar-refractivity contribution in [2.24, 2.45) is 0 Å². The van der Waals surface area contributed by atoms with E-state index in [1.54, 1.807) is 13.2 Å². The molecular weight excluding hydrogens is 418 g/mol. The third-order valence-corrected chi connectivity index (χ3v) is 6.75. The Bertz CT molecular complexity index is 1130. The number of ether oxygens (including phenoxy) is 2. The Hall–Kier alpha value is -3.10. The molecule has 1 saturated heterocycles. The second kappa shape index (κ2) is 9.41. The van der Waals surface area contributed by atoms with Crippen LogP contribution in [-0.4, -0.2) is 66.0 Å². The Morgan fingerprint density at radius 2 is 1.94 bits per heavy atom. The largest absolute Gasteiger partial charge is 0.508 e. The zero-order valence-corrected chi connectivity index (χ0v) is 19.0. The van der Waals surface area contributed by atoms with Gasteiger partial charge in [0.25, 0.3) is 0 Å². The van der Waals surface area contributed by atoms with Gasteiger partial charge in [0.2, 0.25) is 0 Å². The molecule has 1 aromatic heterocycles. The van der Waals surface area contributed by atoms with Crippen LogP contribution in [0.2, 0.25) is 0 Å². The Morgan fingerprint density at radius 1 is 1.12 bits per heavy atom. The van der Waals surface area contributed by atoms with Crippen LogP contribution < -0.4 is 15.4 Å². The van der Waals surface area contributed by atoms with E-state index in [0.717, 1.165) is 73.2 Å². The van der Waals surface area contributed by atoms with Gasteiger partial charge in [0, 0.05) is 56.0 Å². The highest BCUT2D eigenvalue weighted by Crippen LogP contribution is 2.35. The van der Waals surface area contributed by atoms with E-state index in [2.05, 4.69) is 20.9 Å². The van der Waals surface area contributed by atoms with E-state index in [4.69, 9.17) is 20.2 Å². The lowest BCUT2D eigenvalue weighted by atomic mass is 10.0. The number of nitrogens with two attached hydrogens (primary N) is 1. The van der Waals surface area contributed by atoms with Crippen molar-refractivity contribution in [3.63, 3.8) is 0 Å². The second-order valence-corrected chi connectivity index (χ2v) is 8.80. The van der Waals surface area contributed by atoms with E-state index in [9.17, 15) is 5.11 Å². The van der Waals surface area contributed by atoms with Gasteiger partial charge in [-0.05, 0) is 30.7 Å². The van der Waals surface area contributed by atoms with Gasteiger partial charge in [-0.25, -0.2) is 0 Å². The van der Waals surface area contributed by atoms with Gasteiger partial charge in [0.05, 0.1) is 18.3 Å². The van der Waals surface area contributed by atoms with Crippen molar-refractivity contribution in [1.82, 2.24) is 14.9 Å². The summed E-state index contributed by atoms with van der Waals surface area (Å²) in [6.45, 7) is 4.76. The van der Waals surface area contributed by atoms with Crippen LogP contribution >= 0.6 is 0 Å². The molecule has 0 aliphatic carbocycles. The van der Waals surface area contributed by atoms with Crippen molar-refractivity contribution >= 4 is 22.3 Å². The van der Waals surface area contributed by atoms with Gasteiger partial charge in [-0.15, -0.1) is 0 Å². The Kier molecular flexibility index (Phi) is 6.20. The molecule has 3 N–H and O–H groups in total. The fourth-order valence-corrected chi connectivity index (χ4v) is 4.88. The molecule has 33 heavy (non-hydrogen) atoms. The molecule has 0 spiro atoms. The molecule has 0 amide bonds. The molecule has 8 nitrogen and oxygen atoms in total. The molecular formula is C25H31N5O3. The van der Waals surface area contributed by atoms with Gasteiger partial charge in [-0.3, -0.25) is 4.90 Å². The Morgan fingerprint density at radius 3 is 2.76 bits per heavy atom. The van der Waals surface area contributed by atoms with E-state index in [-0.39, 0.29) is 5.75 Å². The first-order valence-electron chi connectivity index (χ1n) is 11.6. The number of nitrogens with zero attached hydrogens (tertiary/aromatic N) is 4. The van der Waals surface area contributed by atoms with E-state index >= 15 is 0 Å². The quantitative estimate of drug-likeness (QED) is 0.593. The molecule has 2 aliphatic rings. The van der Waals surface area contributed by atoms with Gasteiger partial charge >= 0.3 is 6.01 Å². The number of hydrogen-bond acceptors (Lipinski definition) is 8. The number of fused-ring (bicyclic) bond motifs is 2. The van der Waals surface area contributed by atoms with Gasteiger partial charge < -0.3 is 25.2 Å². The van der Waals surface area contributed by atoms with E-state index < -0.39 is 0 Å². The van der Waals surface area contributed by atoms with Crippen LogP contribution in [0.15, 0.2) is 36.4 Å². The Balaban J connectivity index is 1.29. The average Bonchev–Trinajstić information content (AvgIpc) is 2.83. The monoisotopic (exact) mass is 449 g/mol. The number of benzene rings is 2. The minimum Gasteiger partial charge on any atom is -0.508 e. The molecule has 5 rings (SSSR count). The standard InChI is InChI=1S/C25H31N5O3/c1-32-19-6-9-29(10-7-19)12-13-33-25-27-22-16-30(11-8-21(22)24(26)28-25)23-15-18(31)14-17-4-2-3-5-20(17)23/h2-5,14-15,19,31H,6-13,16H2,1H3,(H2,26,27,28). The van der Waals surface area contributed by atoms with Crippen LogP contribution in [0.3, 0.4) is 0 Å². The van der Waals surface area contributed by atoms with Gasteiger partial charge in [-0.2, -0.15) is 9.97 Å². The van der Waals surface area contributed by atoms with Gasteiger partial charge in [-0.1, -0.05) is 24.3 Å². The fraction of sp³-hybridized carbons (Fsp3) is 0.440. The molecule has 2 aliphatic heterocycles. The molecule has 3 aromatic rings. The van der Waals surface area contributed by atoms with Crippen molar-refractivity contribution in [2.45, 2.75) is 31.9 Å². The minimum atomic E-state index is 0.259. The number of nitrogen functional groups attached to an aromatic ring is 1. The molecule has 0 unspecified atom stereocenters. The smallest absolute Gasteiger partial charge is 0.318 e. The molecule has 8 heteroatoms. The number of phenols is 1. The molecule has 3 heterocycles. The zero-order valence-electron chi connectivity index (χ0n) is 19.0. The third kappa shape index (κ3) is 4.67. The van der Waals surface area contributed by atoms with Crippen LogP contribution in [0.4, 0.5) is 11.5 Å². The summed E-state index contributed by atoms with van der Waals surface area (Å²) in [5.41, 5.74) is 9.14. The number of phenolic OH excluding ortho intramolecular Hbond substituents is 1. The molecule has 0 radical (unpaired) electrons. The number of aromatic hydroxyl groups is 1. The minimum absolute atomic E-state index is 0.259. The second-order valence-electron chi connectivity index (χ2n) is 8.80. The lowest BCUT2D eigenvalue weighted by Gasteiger charge is -2.32. The molecule has 2 aromatic carbocycles. The average molecular weight is 450 g/mol. The number of rotatable bonds is 6. The maximum Gasteiger partial charge on any atom is 0.318 e. The highest BCUT2D eigenvalue weighted by Gasteiger charge is 2.24. The van der Waals surface area contributed by atoms with Crippen LogP contribution in [-0.2, 0) is 17.7 Å². The molecule has 0 atom stereocenters. The summed E-state index contributed by atoms with van der Waals surface area (Å²) in [6, 6.07) is 12.0. The molecule has 174 valence electrons. The van der Waals surface area contributed by atoms with Crippen molar-refractivity contribution in [3.05, 3.63) is 47.7 Å². The Labute approximate surface area is 193 Å². The maximum absolute atomic E-state index is 10.3. The molecule has 0 saturated carbocycles. The summed E-state index contributed by atoms with van der Waals surface area (Å²) in [5, 5.41) is 12.4. The van der Waals surface area contributed by atoms with Crippen LogP contribution in [0, 0.1) is 0 Å². The predicted molar refractivity (Wildman–Crippen MR) is 129 cm³/mol.